The number of carbonyl (C=O) groups excluding carboxylic acids is 2. The van der Waals surface area contributed by atoms with Gasteiger partial charge in [-0.15, -0.1) is 0 Å². The van der Waals surface area contributed by atoms with E-state index in [-0.39, 0.29) is 23.9 Å². The quantitative estimate of drug-likeness (QED) is 0.440. The molecule has 0 fully saturated rings. The topological polar surface area (TPSA) is 129 Å². The lowest BCUT2D eigenvalue weighted by Crippen LogP contribution is -2.41. The second-order valence-electron chi connectivity index (χ2n) is 6.70. The Labute approximate surface area is 184 Å². The van der Waals surface area contributed by atoms with Crippen molar-refractivity contribution in [3.63, 3.8) is 0 Å². The standard InChI is InChI=1S/C19H23ClN4O6S/c1-3-29-16(30-4-2)9-21-18(25)19(26)22-17-14-10-31(27,28)11-15(14)23-24(17)13-7-5-6-12(20)8-13/h5-8,16H,3-4,9-11H2,1-2H3,(H,21,25)(H,22,26). The third kappa shape index (κ3) is 5.62. The van der Waals surface area contributed by atoms with Gasteiger partial charge in [0.25, 0.3) is 0 Å². The Balaban J connectivity index is 1.81. The van der Waals surface area contributed by atoms with Crippen LogP contribution in [0, 0.1) is 0 Å². The zero-order chi connectivity index (χ0) is 22.6. The lowest BCUT2D eigenvalue weighted by Gasteiger charge is -2.17. The van der Waals surface area contributed by atoms with Crippen LogP contribution in [0.5, 0.6) is 0 Å². The van der Waals surface area contributed by atoms with Crippen LogP contribution in [0.15, 0.2) is 24.3 Å². The summed E-state index contributed by atoms with van der Waals surface area (Å²) in [6, 6.07) is 6.68. The normalized spacial score (nSPS) is 14.5. The van der Waals surface area contributed by atoms with Crippen molar-refractivity contribution in [3.8, 4) is 5.69 Å². The molecular formula is C19H23ClN4O6S. The molecule has 0 unspecified atom stereocenters. The van der Waals surface area contributed by atoms with E-state index in [1.165, 1.54) is 4.68 Å². The number of nitrogens with zero attached hydrogens (tertiary/aromatic N) is 2. The average Bonchev–Trinajstić information content (AvgIpc) is 3.18. The van der Waals surface area contributed by atoms with Crippen molar-refractivity contribution in [1.29, 1.82) is 0 Å². The smallest absolute Gasteiger partial charge is 0.314 e. The Morgan fingerprint density at radius 1 is 1.19 bits per heavy atom. The van der Waals surface area contributed by atoms with Crippen LogP contribution in [0.25, 0.3) is 5.69 Å². The number of rotatable bonds is 8. The number of hydrogen-bond donors (Lipinski definition) is 2. The second-order valence-corrected chi connectivity index (χ2v) is 9.20. The molecule has 1 aromatic carbocycles. The second kappa shape index (κ2) is 9.77. The fourth-order valence-electron chi connectivity index (χ4n) is 3.12. The van der Waals surface area contributed by atoms with Crippen molar-refractivity contribution in [2.45, 2.75) is 31.6 Å². The maximum atomic E-state index is 12.5. The van der Waals surface area contributed by atoms with Crippen LogP contribution in [0.4, 0.5) is 5.82 Å². The van der Waals surface area contributed by atoms with Gasteiger partial charge in [0.05, 0.1) is 29.4 Å². The minimum absolute atomic E-state index is 0.0199. The van der Waals surface area contributed by atoms with Crippen LogP contribution in [-0.2, 0) is 40.4 Å². The Kier molecular flexibility index (Phi) is 7.31. The van der Waals surface area contributed by atoms with Gasteiger partial charge in [-0.05, 0) is 32.0 Å². The molecule has 0 saturated carbocycles. The number of carbonyl (C=O) groups is 2. The van der Waals surface area contributed by atoms with Crippen LogP contribution in [-0.4, -0.2) is 56.1 Å². The summed E-state index contributed by atoms with van der Waals surface area (Å²) in [5.74, 6) is -2.30. The number of benzene rings is 1. The van der Waals surface area contributed by atoms with Crippen molar-refractivity contribution in [3.05, 3.63) is 40.5 Å². The molecule has 0 saturated heterocycles. The van der Waals surface area contributed by atoms with E-state index in [4.69, 9.17) is 21.1 Å². The van der Waals surface area contributed by atoms with Gasteiger partial charge in [-0.25, -0.2) is 13.1 Å². The zero-order valence-electron chi connectivity index (χ0n) is 17.1. The number of sulfone groups is 1. The van der Waals surface area contributed by atoms with E-state index in [1.54, 1.807) is 38.1 Å². The van der Waals surface area contributed by atoms with Crippen LogP contribution in [0.1, 0.15) is 25.1 Å². The predicted molar refractivity (Wildman–Crippen MR) is 114 cm³/mol. The summed E-state index contributed by atoms with van der Waals surface area (Å²) in [6.07, 6.45) is -0.682. The molecule has 0 atom stereocenters. The molecule has 1 aliphatic rings. The lowest BCUT2D eigenvalue weighted by molar-refractivity contribution is -0.145. The van der Waals surface area contributed by atoms with Gasteiger partial charge in [0.1, 0.15) is 5.82 Å². The largest absolute Gasteiger partial charge is 0.351 e. The monoisotopic (exact) mass is 470 g/mol. The van der Waals surface area contributed by atoms with Crippen LogP contribution < -0.4 is 10.6 Å². The summed E-state index contributed by atoms with van der Waals surface area (Å²) >= 11 is 6.05. The Morgan fingerprint density at radius 3 is 2.55 bits per heavy atom. The van der Waals surface area contributed by atoms with Crippen LogP contribution in [0.2, 0.25) is 5.02 Å². The predicted octanol–water partition coefficient (Wildman–Crippen LogP) is 1.41. The van der Waals surface area contributed by atoms with E-state index in [2.05, 4.69) is 15.7 Å². The van der Waals surface area contributed by atoms with E-state index < -0.39 is 27.9 Å². The van der Waals surface area contributed by atoms with E-state index in [1.807, 2.05) is 0 Å². The molecule has 3 rings (SSSR count). The first kappa shape index (κ1) is 23.2. The SMILES string of the molecule is CCOC(CNC(=O)C(=O)Nc1c2c(nn1-c1cccc(Cl)c1)CS(=O)(=O)C2)OCC. The Hall–Kier alpha value is -2.47. The Morgan fingerprint density at radius 2 is 1.90 bits per heavy atom. The molecule has 0 bridgehead atoms. The molecule has 2 aromatic rings. The van der Waals surface area contributed by atoms with Gasteiger partial charge in [0, 0.05) is 23.8 Å². The highest BCUT2D eigenvalue weighted by Gasteiger charge is 2.34. The molecule has 10 nitrogen and oxygen atoms in total. The lowest BCUT2D eigenvalue weighted by atomic mass is 10.2. The minimum Gasteiger partial charge on any atom is -0.351 e. The number of halogens is 1. The van der Waals surface area contributed by atoms with Crippen molar-refractivity contribution in [1.82, 2.24) is 15.1 Å². The molecule has 1 aromatic heterocycles. The highest BCUT2D eigenvalue weighted by molar-refractivity contribution is 7.90. The van der Waals surface area contributed by atoms with Crippen molar-refractivity contribution < 1.29 is 27.5 Å². The number of ether oxygens (including phenoxy) is 2. The first-order valence-corrected chi connectivity index (χ1v) is 11.8. The van der Waals surface area contributed by atoms with E-state index in [0.29, 0.717) is 35.2 Å². The average molecular weight is 471 g/mol. The minimum atomic E-state index is -3.37. The number of fused-ring (bicyclic) bond motifs is 1. The van der Waals surface area contributed by atoms with Crippen LogP contribution >= 0.6 is 11.6 Å². The number of amides is 2. The van der Waals surface area contributed by atoms with Crippen molar-refractivity contribution in [2.24, 2.45) is 0 Å². The molecule has 168 valence electrons. The summed E-state index contributed by atoms with van der Waals surface area (Å²) in [5, 5.41) is 9.71. The van der Waals surface area contributed by atoms with Gasteiger partial charge in [-0.2, -0.15) is 5.10 Å². The maximum Gasteiger partial charge on any atom is 0.314 e. The first-order chi connectivity index (χ1) is 14.7. The first-order valence-electron chi connectivity index (χ1n) is 9.63. The van der Waals surface area contributed by atoms with Crippen molar-refractivity contribution in [2.75, 3.05) is 25.1 Å². The highest BCUT2D eigenvalue weighted by Crippen LogP contribution is 2.33. The number of hydrogen-bond acceptors (Lipinski definition) is 7. The molecule has 2 heterocycles. The fourth-order valence-corrected chi connectivity index (χ4v) is 4.80. The summed E-state index contributed by atoms with van der Waals surface area (Å²) in [7, 11) is -3.37. The molecule has 31 heavy (non-hydrogen) atoms. The molecular weight excluding hydrogens is 448 g/mol. The van der Waals surface area contributed by atoms with E-state index in [0.717, 1.165) is 0 Å². The van der Waals surface area contributed by atoms with E-state index in [9.17, 15) is 18.0 Å². The molecule has 0 radical (unpaired) electrons. The molecule has 12 heteroatoms. The van der Waals surface area contributed by atoms with Gasteiger partial charge in [0.15, 0.2) is 16.1 Å². The molecule has 1 aliphatic heterocycles. The third-order valence-electron chi connectivity index (χ3n) is 4.41. The van der Waals surface area contributed by atoms with Gasteiger partial charge >= 0.3 is 11.8 Å². The molecule has 2 N–H and O–H groups in total. The number of aromatic nitrogens is 2. The molecule has 0 spiro atoms. The fraction of sp³-hybridized carbons (Fsp3) is 0.421. The van der Waals surface area contributed by atoms with Gasteiger partial charge in [0.2, 0.25) is 0 Å². The van der Waals surface area contributed by atoms with Gasteiger partial charge in [-0.1, -0.05) is 17.7 Å². The maximum absolute atomic E-state index is 12.5. The van der Waals surface area contributed by atoms with E-state index >= 15 is 0 Å². The summed E-state index contributed by atoms with van der Waals surface area (Å²) in [6.45, 7) is 4.31. The highest BCUT2D eigenvalue weighted by atomic mass is 35.5. The summed E-state index contributed by atoms with van der Waals surface area (Å²) in [5.41, 5.74) is 1.19. The van der Waals surface area contributed by atoms with Gasteiger partial charge < -0.3 is 20.1 Å². The zero-order valence-corrected chi connectivity index (χ0v) is 18.6. The molecule has 0 aliphatic carbocycles. The number of anilines is 1. The Bertz CT molecular complexity index is 1080. The third-order valence-corrected chi connectivity index (χ3v) is 6.09. The van der Waals surface area contributed by atoms with Crippen molar-refractivity contribution >= 4 is 39.1 Å². The number of nitrogens with one attached hydrogen (secondary N) is 2. The molecule has 2 amide bonds. The summed E-state index contributed by atoms with van der Waals surface area (Å²) < 4.78 is 36.1. The van der Waals surface area contributed by atoms with Gasteiger partial charge in [-0.3, -0.25) is 9.59 Å². The summed E-state index contributed by atoms with van der Waals surface area (Å²) in [4.78, 5) is 24.8. The van der Waals surface area contributed by atoms with Crippen LogP contribution in [0.3, 0.4) is 0 Å².